The van der Waals surface area contributed by atoms with Crippen LogP contribution in [0.1, 0.15) is 31.4 Å². The molecule has 1 aliphatic rings. The Balaban J connectivity index is 2.11. The van der Waals surface area contributed by atoms with Crippen LogP contribution in [0.15, 0.2) is 24.3 Å². The Morgan fingerprint density at radius 3 is 2.31 bits per heavy atom. The van der Waals surface area contributed by atoms with Gasteiger partial charge in [-0.15, -0.1) is 0 Å². The molecule has 2 heteroatoms. The van der Waals surface area contributed by atoms with E-state index in [2.05, 4.69) is 55.5 Å². The van der Waals surface area contributed by atoms with Gasteiger partial charge in [-0.3, -0.25) is 0 Å². The van der Waals surface area contributed by atoms with Crippen molar-refractivity contribution in [2.75, 3.05) is 25.5 Å². The van der Waals surface area contributed by atoms with E-state index in [1.165, 1.54) is 24.1 Å². The van der Waals surface area contributed by atoms with Crippen molar-refractivity contribution in [1.82, 2.24) is 5.32 Å². The largest absolute Gasteiger partial charge is 0.378 e. The third kappa shape index (κ3) is 2.56. The lowest BCUT2D eigenvalue weighted by Crippen LogP contribution is -2.22. The second-order valence-corrected chi connectivity index (χ2v) is 4.86. The van der Waals surface area contributed by atoms with Crippen molar-refractivity contribution in [2.45, 2.75) is 25.8 Å². The van der Waals surface area contributed by atoms with Crippen LogP contribution >= 0.6 is 0 Å². The first kappa shape index (κ1) is 11.5. The monoisotopic (exact) mass is 218 g/mol. The summed E-state index contributed by atoms with van der Waals surface area (Å²) in [6, 6.07) is 9.52. The van der Waals surface area contributed by atoms with Gasteiger partial charge < -0.3 is 10.2 Å². The summed E-state index contributed by atoms with van der Waals surface area (Å²) in [5.41, 5.74) is 2.71. The summed E-state index contributed by atoms with van der Waals surface area (Å²) in [6.07, 6.45) is 2.76. The van der Waals surface area contributed by atoms with E-state index in [1.807, 2.05) is 0 Å². The molecule has 1 aromatic carbocycles. The molecule has 2 nitrogen and oxygen atoms in total. The molecule has 1 saturated carbocycles. The van der Waals surface area contributed by atoms with E-state index in [1.54, 1.807) is 0 Å². The minimum Gasteiger partial charge on any atom is -0.378 e. The molecule has 0 amide bonds. The summed E-state index contributed by atoms with van der Waals surface area (Å²) in [7, 11) is 4.16. The zero-order valence-electron chi connectivity index (χ0n) is 10.5. The molecular weight excluding hydrogens is 196 g/mol. The van der Waals surface area contributed by atoms with Crippen LogP contribution in [0.25, 0.3) is 0 Å². The second kappa shape index (κ2) is 4.88. The normalized spacial score (nSPS) is 17.2. The third-order valence-corrected chi connectivity index (χ3v) is 3.29. The maximum atomic E-state index is 3.60. The van der Waals surface area contributed by atoms with E-state index in [0.29, 0.717) is 6.04 Å². The molecule has 2 rings (SSSR count). The summed E-state index contributed by atoms with van der Waals surface area (Å²) in [6.45, 7) is 3.24. The molecule has 0 aromatic heterocycles. The first-order valence-electron chi connectivity index (χ1n) is 6.23. The van der Waals surface area contributed by atoms with Gasteiger partial charge in [0.15, 0.2) is 0 Å². The summed E-state index contributed by atoms with van der Waals surface area (Å²) in [4.78, 5) is 2.14. The highest BCUT2D eigenvalue weighted by atomic mass is 15.1. The van der Waals surface area contributed by atoms with Gasteiger partial charge in [0.05, 0.1) is 0 Å². The van der Waals surface area contributed by atoms with Crippen LogP contribution in [0.4, 0.5) is 5.69 Å². The SMILES string of the molecule is CCNC(c1ccc(N(C)C)cc1)C1CC1. The zero-order valence-corrected chi connectivity index (χ0v) is 10.5. The summed E-state index contributed by atoms with van der Waals surface area (Å²) >= 11 is 0. The molecule has 1 atom stereocenters. The smallest absolute Gasteiger partial charge is 0.0361 e. The van der Waals surface area contributed by atoms with E-state index in [9.17, 15) is 0 Å². The molecule has 0 aliphatic heterocycles. The fraction of sp³-hybridized carbons (Fsp3) is 0.571. The van der Waals surface area contributed by atoms with Crippen LogP contribution in [0.5, 0.6) is 0 Å². The first-order valence-corrected chi connectivity index (χ1v) is 6.23. The summed E-state index contributed by atoms with van der Waals surface area (Å²) < 4.78 is 0. The van der Waals surface area contributed by atoms with Gasteiger partial charge in [0.2, 0.25) is 0 Å². The van der Waals surface area contributed by atoms with Crippen molar-refractivity contribution in [2.24, 2.45) is 5.92 Å². The van der Waals surface area contributed by atoms with Crippen LogP contribution in [0.3, 0.4) is 0 Å². The van der Waals surface area contributed by atoms with Crippen molar-refractivity contribution in [3.63, 3.8) is 0 Å². The Morgan fingerprint density at radius 2 is 1.88 bits per heavy atom. The highest BCUT2D eigenvalue weighted by Gasteiger charge is 2.31. The topological polar surface area (TPSA) is 15.3 Å². The van der Waals surface area contributed by atoms with Gasteiger partial charge in [-0.25, -0.2) is 0 Å². The number of nitrogens with zero attached hydrogens (tertiary/aromatic N) is 1. The fourth-order valence-corrected chi connectivity index (χ4v) is 2.19. The van der Waals surface area contributed by atoms with Crippen LogP contribution in [-0.4, -0.2) is 20.6 Å². The lowest BCUT2D eigenvalue weighted by atomic mass is 10.0. The molecule has 1 aliphatic carbocycles. The molecule has 16 heavy (non-hydrogen) atoms. The van der Waals surface area contributed by atoms with E-state index in [4.69, 9.17) is 0 Å². The number of hydrogen-bond acceptors (Lipinski definition) is 2. The molecule has 0 spiro atoms. The molecule has 1 unspecified atom stereocenters. The predicted molar refractivity (Wildman–Crippen MR) is 69.9 cm³/mol. The number of benzene rings is 1. The number of anilines is 1. The van der Waals surface area contributed by atoms with Gasteiger partial charge in [0.25, 0.3) is 0 Å². The van der Waals surface area contributed by atoms with E-state index >= 15 is 0 Å². The number of rotatable bonds is 5. The quantitative estimate of drug-likeness (QED) is 0.817. The van der Waals surface area contributed by atoms with E-state index in [-0.39, 0.29) is 0 Å². The lowest BCUT2D eigenvalue weighted by Gasteiger charge is -2.19. The van der Waals surface area contributed by atoms with E-state index < -0.39 is 0 Å². The molecule has 1 N–H and O–H groups in total. The highest BCUT2D eigenvalue weighted by Crippen LogP contribution is 2.41. The molecule has 0 saturated heterocycles. The highest BCUT2D eigenvalue weighted by molar-refractivity contribution is 5.46. The zero-order chi connectivity index (χ0) is 11.5. The minimum atomic E-state index is 0.571. The Labute approximate surface area is 98.7 Å². The van der Waals surface area contributed by atoms with Crippen molar-refractivity contribution in [1.29, 1.82) is 0 Å². The lowest BCUT2D eigenvalue weighted by molar-refractivity contribution is 0.496. The average Bonchev–Trinajstić information content (AvgIpc) is 3.10. The molecule has 1 fully saturated rings. The molecule has 0 bridgehead atoms. The predicted octanol–water partition coefficient (Wildman–Crippen LogP) is 2.81. The number of nitrogens with one attached hydrogen (secondary N) is 1. The van der Waals surface area contributed by atoms with Gasteiger partial charge in [0.1, 0.15) is 0 Å². The van der Waals surface area contributed by atoms with Crippen LogP contribution in [0.2, 0.25) is 0 Å². The van der Waals surface area contributed by atoms with Gasteiger partial charge in [0, 0.05) is 25.8 Å². The van der Waals surface area contributed by atoms with Crippen molar-refractivity contribution in [3.05, 3.63) is 29.8 Å². The molecule has 0 heterocycles. The van der Waals surface area contributed by atoms with Crippen molar-refractivity contribution in [3.8, 4) is 0 Å². The average molecular weight is 218 g/mol. The Hall–Kier alpha value is -1.02. The van der Waals surface area contributed by atoms with E-state index in [0.717, 1.165) is 12.5 Å². The maximum Gasteiger partial charge on any atom is 0.0361 e. The third-order valence-electron chi connectivity index (χ3n) is 3.29. The van der Waals surface area contributed by atoms with Gasteiger partial charge in [-0.05, 0) is 43.0 Å². The Kier molecular flexibility index (Phi) is 3.49. The first-order chi connectivity index (χ1) is 7.72. The van der Waals surface area contributed by atoms with Crippen molar-refractivity contribution < 1.29 is 0 Å². The van der Waals surface area contributed by atoms with Gasteiger partial charge >= 0.3 is 0 Å². The Morgan fingerprint density at radius 1 is 1.25 bits per heavy atom. The second-order valence-electron chi connectivity index (χ2n) is 4.86. The summed E-state index contributed by atoms with van der Waals surface area (Å²) in [5.74, 6) is 0.866. The van der Waals surface area contributed by atoms with Gasteiger partial charge in [-0.2, -0.15) is 0 Å². The summed E-state index contributed by atoms with van der Waals surface area (Å²) in [5, 5.41) is 3.60. The molecular formula is C14H22N2. The maximum absolute atomic E-state index is 3.60. The molecule has 0 radical (unpaired) electrons. The van der Waals surface area contributed by atoms with Crippen LogP contribution in [0, 0.1) is 5.92 Å². The molecule has 88 valence electrons. The fourth-order valence-electron chi connectivity index (χ4n) is 2.19. The van der Waals surface area contributed by atoms with Crippen LogP contribution in [-0.2, 0) is 0 Å². The van der Waals surface area contributed by atoms with Crippen molar-refractivity contribution >= 4 is 5.69 Å². The standard InChI is InChI=1S/C14H22N2/c1-4-15-14(11-5-6-11)12-7-9-13(10-8-12)16(2)3/h7-11,14-15H,4-6H2,1-3H3. The molecule has 1 aromatic rings. The van der Waals surface area contributed by atoms with Crippen LogP contribution < -0.4 is 10.2 Å². The van der Waals surface area contributed by atoms with Gasteiger partial charge in [-0.1, -0.05) is 19.1 Å². The number of hydrogen-bond donors (Lipinski definition) is 1. The Bertz CT molecular complexity index is 325. The minimum absolute atomic E-state index is 0.571.